The number of benzene rings is 1. The molecule has 0 aliphatic carbocycles. The third kappa shape index (κ3) is 5.55. The number of piperidine rings is 1. The maximum Gasteiger partial charge on any atom is 0.224 e. The molecule has 0 unspecified atom stereocenters. The van der Waals surface area contributed by atoms with Crippen LogP contribution < -0.4 is 10.5 Å². The van der Waals surface area contributed by atoms with Gasteiger partial charge in [0.15, 0.2) is 5.96 Å². The largest absolute Gasteiger partial charge is 0.439 e. The number of halogens is 2. The number of hydrogen-bond donors (Lipinski definition) is 1. The first kappa shape index (κ1) is 20.4. The molecule has 1 aliphatic rings. The molecule has 0 saturated carbocycles. The van der Waals surface area contributed by atoms with E-state index in [4.69, 9.17) is 10.5 Å². The molecule has 2 aromatic rings. The van der Waals surface area contributed by atoms with E-state index in [0.29, 0.717) is 24.1 Å². The lowest BCUT2D eigenvalue weighted by atomic mass is 10.00. The van der Waals surface area contributed by atoms with Crippen molar-refractivity contribution in [2.24, 2.45) is 16.6 Å². The number of guanidine groups is 1. The SMILES string of the molecule is CC1CCN(C(N)=NCc2cccnc2Oc2cccc(F)c2)CC1.I. The van der Waals surface area contributed by atoms with E-state index in [2.05, 4.69) is 21.8 Å². The molecule has 2 heterocycles. The Morgan fingerprint density at radius 3 is 2.81 bits per heavy atom. The average Bonchev–Trinajstić information content (AvgIpc) is 2.61. The van der Waals surface area contributed by atoms with Crippen molar-refractivity contribution in [1.82, 2.24) is 9.88 Å². The van der Waals surface area contributed by atoms with Crippen LogP contribution in [0.3, 0.4) is 0 Å². The Bertz CT molecular complexity index is 748. The summed E-state index contributed by atoms with van der Waals surface area (Å²) in [5.74, 6) is 1.76. The van der Waals surface area contributed by atoms with Gasteiger partial charge in [0, 0.05) is 30.9 Å². The average molecular weight is 470 g/mol. The molecule has 1 aliphatic heterocycles. The van der Waals surface area contributed by atoms with E-state index in [1.807, 2.05) is 12.1 Å². The highest BCUT2D eigenvalue weighted by molar-refractivity contribution is 14.0. The van der Waals surface area contributed by atoms with Crippen molar-refractivity contribution >= 4 is 29.9 Å². The second-order valence-electron chi connectivity index (χ2n) is 6.37. The van der Waals surface area contributed by atoms with E-state index in [9.17, 15) is 4.39 Å². The minimum atomic E-state index is -0.350. The molecule has 0 radical (unpaired) electrons. The molecule has 0 amide bonds. The second kappa shape index (κ2) is 9.70. The molecule has 3 rings (SSSR count). The zero-order valence-electron chi connectivity index (χ0n) is 14.8. The highest BCUT2D eigenvalue weighted by Gasteiger charge is 2.17. The van der Waals surface area contributed by atoms with Gasteiger partial charge in [0.1, 0.15) is 11.6 Å². The Morgan fingerprint density at radius 2 is 2.08 bits per heavy atom. The van der Waals surface area contributed by atoms with Crippen molar-refractivity contribution in [2.75, 3.05) is 13.1 Å². The molecule has 0 spiro atoms. The summed E-state index contributed by atoms with van der Waals surface area (Å²) in [4.78, 5) is 10.8. The van der Waals surface area contributed by atoms with Crippen molar-refractivity contribution < 1.29 is 9.13 Å². The fraction of sp³-hybridized carbons (Fsp3) is 0.368. The van der Waals surface area contributed by atoms with Gasteiger partial charge in [0.2, 0.25) is 5.88 Å². The molecule has 140 valence electrons. The van der Waals surface area contributed by atoms with Gasteiger partial charge in [-0.3, -0.25) is 0 Å². The Morgan fingerprint density at radius 1 is 1.31 bits per heavy atom. The molecular weight excluding hydrogens is 446 g/mol. The number of rotatable bonds is 4. The summed E-state index contributed by atoms with van der Waals surface area (Å²) < 4.78 is 19.0. The van der Waals surface area contributed by atoms with Gasteiger partial charge in [0.25, 0.3) is 0 Å². The summed E-state index contributed by atoms with van der Waals surface area (Å²) in [7, 11) is 0. The highest BCUT2D eigenvalue weighted by Crippen LogP contribution is 2.24. The number of pyridine rings is 1. The van der Waals surface area contributed by atoms with E-state index < -0.39 is 0 Å². The van der Waals surface area contributed by atoms with Gasteiger partial charge in [-0.1, -0.05) is 19.1 Å². The van der Waals surface area contributed by atoms with Crippen LogP contribution in [-0.2, 0) is 6.54 Å². The maximum atomic E-state index is 13.3. The second-order valence-corrected chi connectivity index (χ2v) is 6.37. The molecule has 5 nitrogen and oxygen atoms in total. The summed E-state index contributed by atoms with van der Waals surface area (Å²) in [5.41, 5.74) is 6.93. The first-order valence-electron chi connectivity index (χ1n) is 8.54. The minimum absolute atomic E-state index is 0. The molecule has 0 atom stereocenters. The maximum absolute atomic E-state index is 13.3. The molecule has 1 aromatic carbocycles. The number of hydrogen-bond acceptors (Lipinski definition) is 3. The topological polar surface area (TPSA) is 63.7 Å². The van der Waals surface area contributed by atoms with Gasteiger partial charge in [0.05, 0.1) is 6.54 Å². The van der Waals surface area contributed by atoms with Crippen molar-refractivity contribution in [3.8, 4) is 11.6 Å². The highest BCUT2D eigenvalue weighted by atomic mass is 127. The van der Waals surface area contributed by atoms with Gasteiger partial charge in [-0.05, 0) is 37.0 Å². The fourth-order valence-corrected chi connectivity index (χ4v) is 2.78. The van der Waals surface area contributed by atoms with Crippen LogP contribution in [0.15, 0.2) is 47.6 Å². The van der Waals surface area contributed by atoms with E-state index in [-0.39, 0.29) is 29.8 Å². The Balaban J connectivity index is 0.00000243. The normalized spacial score (nSPS) is 15.5. The van der Waals surface area contributed by atoms with E-state index in [1.54, 1.807) is 18.3 Å². The third-order valence-electron chi connectivity index (χ3n) is 4.38. The predicted molar refractivity (Wildman–Crippen MR) is 111 cm³/mol. The van der Waals surface area contributed by atoms with Crippen LogP contribution in [0.1, 0.15) is 25.3 Å². The lowest BCUT2D eigenvalue weighted by Gasteiger charge is -2.31. The number of nitrogens with zero attached hydrogens (tertiary/aromatic N) is 3. The van der Waals surface area contributed by atoms with Gasteiger partial charge in [-0.2, -0.15) is 0 Å². The quantitative estimate of drug-likeness (QED) is 0.414. The van der Waals surface area contributed by atoms with E-state index in [1.165, 1.54) is 12.1 Å². The molecule has 1 fully saturated rings. The summed E-state index contributed by atoms with van der Waals surface area (Å²) in [6, 6.07) is 9.69. The summed E-state index contributed by atoms with van der Waals surface area (Å²) >= 11 is 0. The van der Waals surface area contributed by atoms with Crippen LogP contribution in [-0.4, -0.2) is 28.9 Å². The molecule has 2 N–H and O–H groups in total. The predicted octanol–water partition coefficient (Wildman–Crippen LogP) is 4.18. The molecular formula is C19H24FIN4O. The van der Waals surface area contributed by atoms with Gasteiger partial charge < -0.3 is 15.4 Å². The van der Waals surface area contributed by atoms with Crippen LogP contribution in [0.5, 0.6) is 11.6 Å². The smallest absolute Gasteiger partial charge is 0.224 e. The zero-order chi connectivity index (χ0) is 17.6. The Labute approximate surface area is 170 Å². The van der Waals surface area contributed by atoms with Crippen molar-refractivity contribution in [1.29, 1.82) is 0 Å². The van der Waals surface area contributed by atoms with Crippen LogP contribution in [0.25, 0.3) is 0 Å². The van der Waals surface area contributed by atoms with Crippen LogP contribution in [0, 0.1) is 11.7 Å². The van der Waals surface area contributed by atoms with Crippen molar-refractivity contribution in [2.45, 2.75) is 26.3 Å². The third-order valence-corrected chi connectivity index (χ3v) is 4.38. The minimum Gasteiger partial charge on any atom is -0.439 e. The monoisotopic (exact) mass is 470 g/mol. The van der Waals surface area contributed by atoms with Crippen molar-refractivity contribution in [3.63, 3.8) is 0 Å². The number of nitrogens with two attached hydrogens (primary N) is 1. The molecule has 0 bridgehead atoms. The number of ether oxygens (including phenoxy) is 1. The molecule has 1 aromatic heterocycles. The number of aliphatic imine (C=N–C) groups is 1. The number of aromatic nitrogens is 1. The Hall–Kier alpha value is -1.90. The molecule has 1 saturated heterocycles. The lowest BCUT2D eigenvalue weighted by molar-refractivity contribution is 0.277. The van der Waals surface area contributed by atoms with Crippen LogP contribution >= 0.6 is 24.0 Å². The molecule has 26 heavy (non-hydrogen) atoms. The first-order valence-corrected chi connectivity index (χ1v) is 8.54. The molecule has 7 heteroatoms. The standard InChI is InChI=1S/C19H23FN4O.HI/c1-14-7-10-24(11-8-14)19(21)23-13-15-4-3-9-22-18(15)25-17-6-2-5-16(20)12-17;/h2-6,9,12,14H,7-8,10-11,13H2,1H3,(H2,21,23);1H. The van der Waals surface area contributed by atoms with Gasteiger partial charge >= 0.3 is 0 Å². The van der Waals surface area contributed by atoms with Crippen LogP contribution in [0.2, 0.25) is 0 Å². The van der Waals surface area contributed by atoms with E-state index >= 15 is 0 Å². The Kier molecular flexibility index (Phi) is 7.62. The van der Waals surface area contributed by atoms with Crippen molar-refractivity contribution in [3.05, 3.63) is 54.0 Å². The first-order chi connectivity index (χ1) is 12.1. The summed E-state index contributed by atoms with van der Waals surface area (Å²) in [6.07, 6.45) is 3.91. The van der Waals surface area contributed by atoms with Gasteiger partial charge in [-0.25, -0.2) is 14.4 Å². The summed E-state index contributed by atoms with van der Waals surface area (Å²) in [6.45, 7) is 4.51. The number of likely N-dealkylation sites (tertiary alicyclic amines) is 1. The zero-order valence-corrected chi connectivity index (χ0v) is 17.1. The summed E-state index contributed by atoms with van der Waals surface area (Å²) in [5, 5.41) is 0. The van der Waals surface area contributed by atoms with Gasteiger partial charge in [-0.15, -0.1) is 24.0 Å². The lowest BCUT2D eigenvalue weighted by Crippen LogP contribution is -2.42. The fourth-order valence-electron chi connectivity index (χ4n) is 2.78. The van der Waals surface area contributed by atoms with E-state index in [0.717, 1.165) is 37.4 Å². The van der Waals surface area contributed by atoms with Crippen LogP contribution in [0.4, 0.5) is 4.39 Å².